The lowest BCUT2D eigenvalue weighted by molar-refractivity contribution is -0.118. The molecule has 0 saturated carbocycles. The maximum absolute atomic E-state index is 12.1. The molecule has 1 saturated heterocycles. The first-order valence-corrected chi connectivity index (χ1v) is 8.17. The molecule has 0 bridgehead atoms. The van der Waals surface area contributed by atoms with Crippen LogP contribution >= 0.6 is 11.3 Å². The van der Waals surface area contributed by atoms with Crippen LogP contribution in [0.1, 0.15) is 49.1 Å². The number of thiazole rings is 1. The van der Waals surface area contributed by atoms with Gasteiger partial charge in [0.1, 0.15) is 0 Å². The second kappa shape index (κ2) is 6.01. The molecule has 2 aliphatic rings. The predicted octanol–water partition coefficient (Wildman–Crippen LogP) is 2.49. The predicted molar refractivity (Wildman–Crippen MR) is 77.6 cm³/mol. The highest BCUT2D eigenvalue weighted by Gasteiger charge is 2.22. The summed E-state index contributed by atoms with van der Waals surface area (Å²) in [5, 5.41) is 7.07. The van der Waals surface area contributed by atoms with Crippen LogP contribution in [0, 0.1) is 0 Å². The Morgan fingerprint density at radius 1 is 1.21 bits per heavy atom. The van der Waals surface area contributed by atoms with E-state index in [9.17, 15) is 4.79 Å². The number of rotatable bonds is 2. The molecule has 1 aliphatic carbocycles. The maximum Gasteiger partial charge on any atom is 0.243 e. The van der Waals surface area contributed by atoms with Gasteiger partial charge in [0.15, 0.2) is 5.13 Å². The molecule has 2 heterocycles. The van der Waals surface area contributed by atoms with Gasteiger partial charge in [0.2, 0.25) is 5.91 Å². The zero-order chi connectivity index (χ0) is 13.1. The molecule has 1 atom stereocenters. The van der Waals surface area contributed by atoms with Crippen molar-refractivity contribution in [2.45, 2.75) is 57.4 Å². The van der Waals surface area contributed by atoms with Crippen molar-refractivity contribution >= 4 is 22.4 Å². The van der Waals surface area contributed by atoms with Crippen molar-refractivity contribution in [2.75, 3.05) is 11.9 Å². The first-order chi connectivity index (χ1) is 9.33. The second-order valence-corrected chi connectivity index (χ2v) is 6.52. The smallest absolute Gasteiger partial charge is 0.243 e. The van der Waals surface area contributed by atoms with Gasteiger partial charge in [-0.1, -0.05) is 12.8 Å². The Balaban J connectivity index is 1.64. The first kappa shape index (κ1) is 13.1. The summed E-state index contributed by atoms with van der Waals surface area (Å²) >= 11 is 1.67. The van der Waals surface area contributed by atoms with Crippen molar-refractivity contribution < 1.29 is 4.79 Å². The molecular weight excluding hydrogens is 258 g/mol. The molecule has 1 unspecified atom stereocenters. The van der Waals surface area contributed by atoms with Crippen LogP contribution < -0.4 is 10.6 Å². The fourth-order valence-electron chi connectivity index (χ4n) is 2.85. The Morgan fingerprint density at radius 3 is 2.95 bits per heavy atom. The third-order valence-electron chi connectivity index (χ3n) is 3.95. The van der Waals surface area contributed by atoms with Gasteiger partial charge in [0.05, 0.1) is 11.7 Å². The van der Waals surface area contributed by atoms with E-state index in [4.69, 9.17) is 0 Å². The Kier molecular flexibility index (Phi) is 4.13. The molecule has 0 spiro atoms. The molecule has 1 fully saturated rings. The van der Waals surface area contributed by atoms with Crippen molar-refractivity contribution in [1.29, 1.82) is 0 Å². The second-order valence-electron chi connectivity index (χ2n) is 5.44. The number of nitrogens with zero attached hydrogens (tertiary/aromatic N) is 1. The van der Waals surface area contributed by atoms with Crippen molar-refractivity contribution in [3.63, 3.8) is 0 Å². The highest BCUT2D eigenvalue weighted by atomic mass is 32.1. The number of anilines is 1. The van der Waals surface area contributed by atoms with E-state index in [2.05, 4.69) is 15.6 Å². The molecule has 2 N–H and O–H groups in total. The monoisotopic (exact) mass is 279 g/mol. The minimum Gasteiger partial charge on any atom is -0.306 e. The van der Waals surface area contributed by atoms with E-state index in [0.717, 1.165) is 37.4 Å². The number of carbonyl (C=O) groups is 1. The third-order valence-corrected chi connectivity index (χ3v) is 5.03. The zero-order valence-corrected chi connectivity index (χ0v) is 12.0. The van der Waals surface area contributed by atoms with E-state index in [0.29, 0.717) is 0 Å². The molecule has 3 rings (SSSR count). The highest BCUT2D eigenvalue weighted by molar-refractivity contribution is 7.15. The Morgan fingerprint density at radius 2 is 2.11 bits per heavy atom. The summed E-state index contributed by atoms with van der Waals surface area (Å²) in [6.45, 7) is 0.951. The molecule has 0 aromatic carbocycles. The fraction of sp³-hybridized carbons (Fsp3) is 0.714. The third kappa shape index (κ3) is 3.15. The molecule has 19 heavy (non-hydrogen) atoms. The zero-order valence-electron chi connectivity index (χ0n) is 11.2. The lowest BCUT2D eigenvalue weighted by Crippen LogP contribution is -2.43. The summed E-state index contributed by atoms with van der Waals surface area (Å²) in [5.74, 6) is 0.0867. The van der Waals surface area contributed by atoms with E-state index in [1.54, 1.807) is 11.3 Å². The van der Waals surface area contributed by atoms with E-state index in [-0.39, 0.29) is 11.9 Å². The van der Waals surface area contributed by atoms with Crippen molar-refractivity contribution in [3.05, 3.63) is 10.6 Å². The summed E-state index contributed by atoms with van der Waals surface area (Å²) in [6.07, 6.45) is 9.25. The number of aryl methyl sites for hydroxylation is 2. The van der Waals surface area contributed by atoms with Crippen LogP contribution in [0.2, 0.25) is 0 Å². The van der Waals surface area contributed by atoms with Gasteiger partial charge in [-0.25, -0.2) is 4.98 Å². The van der Waals surface area contributed by atoms with Crippen LogP contribution in [0.25, 0.3) is 0 Å². The Bertz CT molecular complexity index is 428. The summed E-state index contributed by atoms with van der Waals surface area (Å²) in [5.41, 5.74) is 1.22. The van der Waals surface area contributed by atoms with E-state index in [1.807, 2.05) is 0 Å². The molecule has 1 aromatic rings. The van der Waals surface area contributed by atoms with E-state index < -0.39 is 0 Å². The summed E-state index contributed by atoms with van der Waals surface area (Å²) in [6, 6.07) is -0.0301. The summed E-state index contributed by atoms with van der Waals surface area (Å²) < 4.78 is 0. The van der Waals surface area contributed by atoms with Crippen molar-refractivity contribution in [2.24, 2.45) is 0 Å². The molecule has 0 radical (unpaired) electrons. The van der Waals surface area contributed by atoms with E-state index in [1.165, 1.54) is 36.3 Å². The lowest BCUT2D eigenvalue weighted by Gasteiger charge is -2.21. The number of hydrogen-bond acceptors (Lipinski definition) is 4. The van der Waals surface area contributed by atoms with Crippen LogP contribution in [0.3, 0.4) is 0 Å². The standard InChI is InChI=1S/C14H21N3OS/c18-13(11-7-4-5-9-15-11)17-14-16-10-6-2-1-3-8-12(10)19-14/h11,15H,1-9H2,(H,16,17,18). The fourth-order valence-corrected chi connectivity index (χ4v) is 3.90. The number of hydrogen-bond donors (Lipinski definition) is 2. The van der Waals surface area contributed by atoms with Gasteiger partial charge >= 0.3 is 0 Å². The van der Waals surface area contributed by atoms with Gasteiger partial charge in [-0.2, -0.15) is 0 Å². The van der Waals surface area contributed by atoms with Gasteiger partial charge in [-0.15, -0.1) is 11.3 Å². The van der Waals surface area contributed by atoms with Crippen molar-refractivity contribution in [3.8, 4) is 0 Å². The van der Waals surface area contributed by atoms with Crippen LogP contribution in [-0.2, 0) is 17.6 Å². The Labute approximate surface area is 118 Å². The van der Waals surface area contributed by atoms with Crippen LogP contribution in [-0.4, -0.2) is 23.5 Å². The van der Waals surface area contributed by atoms with E-state index >= 15 is 0 Å². The number of aromatic nitrogens is 1. The molecular formula is C14H21N3OS. The minimum absolute atomic E-state index is 0.0301. The molecule has 104 valence electrons. The normalized spacial score (nSPS) is 23.5. The Hall–Kier alpha value is -0.940. The van der Waals surface area contributed by atoms with Gasteiger partial charge in [0.25, 0.3) is 0 Å². The van der Waals surface area contributed by atoms with Gasteiger partial charge in [-0.05, 0) is 45.1 Å². The minimum atomic E-state index is -0.0301. The number of nitrogens with one attached hydrogen (secondary N) is 2. The largest absolute Gasteiger partial charge is 0.306 e. The molecule has 1 aliphatic heterocycles. The van der Waals surface area contributed by atoms with Crippen molar-refractivity contribution in [1.82, 2.24) is 10.3 Å². The number of amides is 1. The highest BCUT2D eigenvalue weighted by Crippen LogP contribution is 2.29. The average Bonchev–Trinajstić information content (AvgIpc) is 2.69. The van der Waals surface area contributed by atoms with Gasteiger partial charge in [0, 0.05) is 4.88 Å². The molecule has 5 heteroatoms. The molecule has 4 nitrogen and oxygen atoms in total. The number of fused-ring (bicyclic) bond motifs is 1. The lowest BCUT2D eigenvalue weighted by atomic mass is 10.0. The SMILES string of the molecule is O=C(Nc1nc2c(s1)CCCCC2)C1CCCCN1. The quantitative estimate of drug-likeness (QED) is 0.818. The average molecular weight is 279 g/mol. The summed E-state index contributed by atoms with van der Waals surface area (Å²) in [4.78, 5) is 18.1. The summed E-state index contributed by atoms with van der Waals surface area (Å²) in [7, 11) is 0. The number of carbonyl (C=O) groups excluding carboxylic acids is 1. The maximum atomic E-state index is 12.1. The van der Waals surface area contributed by atoms with Gasteiger partial charge < -0.3 is 10.6 Å². The first-order valence-electron chi connectivity index (χ1n) is 7.36. The van der Waals surface area contributed by atoms with Crippen LogP contribution in [0.5, 0.6) is 0 Å². The number of piperidine rings is 1. The van der Waals surface area contributed by atoms with Crippen LogP contribution in [0.15, 0.2) is 0 Å². The van der Waals surface area contributed by atoms with Gasteiger partial charge in [-0.3, -0.25) is 4.79 Å². The molecule has 1 amide bonds. The molecule has 1 aromatic heterocycles. The van der Waals surface area contributed by atoms with Crippen LogP contribution in [0.4, 0.5) is 5.13 Å². The topological polar surface area (TPSA) is 54.0 Å².